The van der Waals surface area contributed by atoms with Gasteiger partial charge < -0.3 is 64.5 Å². The Balaban J connectivity index is 0.661. The van der Waals surface area contributed by atoms with Crippen LogP contribution in [0.1, 0.15) is 155 Å². The zero-order chi connectivity index (χ0) is 64.1. The van der Waals surface area contributed by atoms with E-state index in [0.717, 1.165) is 0 Å². The molecule has 12 rings (SSSR count). The first-order chi connectivity index (χ1) is 43.9. The van der Waals surface area contributed by atoms with Crippen molar-refractivity contribution in [2.75, 3.05) is 78.5 Å². The summed E-state index contributed by atoms with van der Waals surface area (Å²) in [5.41, 5.74) is 14.7. The number of rotatable bonds is 13. The van der Waals surface area contributed by atoms with Crippen LogP contribution >= 0.6 is 0 Å². The van der Waals surface area contributed by atoms with E-state index in [1.54, 1.807) is 39.2 Å². The smallest absolute Gasteiger partial charge is 0.246 e. The van der Waals surface area contributed by atoms with Crippen molar-refractivity contribution in [1.29, 1.82) is 0 Å². The molecule has 91 heavy (non-hydrogen) atoms. The van der Waals surface area contributed by atoms with E-state index in [2.05, 4.69) is 10.0 Å². The number of nitrogens with two attached hydrogens (primary N) is 1. The highest BCUT2D eigenvalue weighted by molar-refractivity contribution is 6.01. The fourth-order valence-electron chi connectivity index (χ4n) is 17.9. The van der Waals surface area contributed by atoms with E-state index in [4.69, 9.17) is 11.3 Å². The molecule has 12 fully saturated rings. The van der Waals surface area contributed by atoms with Gasteiger partial charge in [-0.2, -0.15) is 0 Å². The zero-order valence-electron chi connectivity index (χ0n) is 52.3. The second kappa shape index (κ2) is 26.6. The monoisotopic (exact) mass is 1260 g/mol. The first-order valence-electron chi connectivity index (χ1n) is 33.9. The Labute approximate surface area is 529 Å². The summed E-state index contributed by atoms with van der Waals surface area (Å²) in [6.45, 7) is 4.76. The Morgan fingerprint density at radius 1 is 0.297 bits per heavy atom. The molecule has 12 heterocycles. The van der Waals surface area contributed by atoms with Crippen LogP contribution < -0.4 is 5.73 Å². The molecule has 0 bridgehead atoms. The van der Waals surface area contributed by atoms with Gasteiger partial charge in [0.25, 0.3) is 0 Å². The molecule has 0 aromatic heterocycles. The fourth-order valence-corrected chi connectivity index (χ4v) is 17.9. The Kier molecular flexibility index (Phi) is 18.6. The summed E-state index contributed by atoms with van der Waals surface area (Å²) in [7, 11) is 0. The van der Waals surface area contributed by atoms with Crippen LogP contribution in [0.25, 0.3) is 10.4 Å². The number of likely N-dealkylation sites (tertiary alicyclic amines) is 12. The van der Waals surface area contributed by atoms with E-state index < -0.39 is 90.4 Å². The summed E-state index contributed by atoms with van der Waals surface area (Å²) >= 11 is 0. The number of hydrogen-bond acceptors (Lipinski definition) is 14. The van der Waals surface area contributed by atoms with Crippen LogP contribution in [0.5, 0.6) is 0 Å². The van der Waals surface area contributed by atoms with E-state index >= 15 is 0 Å². The second-order valence-corrected chi connectivity index (χ2v) is 27.3. The molecule has 0 unspecified atom stereocenters. The van der Waals surface area contributed by atoms with Gasteiger partial charge in [-0.1, -0.05) is 5.11 Å². The molecule has 12 aliphatic heterocycles. The van der Waals surface area contributed by atoms with Crippen molar-refractivity contribution in [2.45, 2.75) is 233 Å². The van der Waals surface area contributed by atoms with Crippen molar-refractivity contribution in [3.63, 3.8) is 0 Å². The molecular weight excluding hydrogens is 1180 g/mol. The Hall–Kier alpha value is -7.58. The molecule has 0 spiro atoms. The van der Waals surface area contributed by atoms with Gasteiger partial charge in [-0.15, -0.1) is 0 Å². The Morgan fingerprint density at radius 3 is 0.648 bits per heavy atom. The van der Waals surface area contributed by atoms with Crippen molar-refractivity contribution in [2.24, 2.45) is 10.8 Å². The number of hydrogen-bond donors (Lipinski definition) is 1. The predicted molar refractivity (Wildman–Crippen MR) is 320 cm³/mol. The van der Waals surface area contributed by atoms with E-state index in [0.29, 0.717) is 174 Å². The highest BCUT2D eigenvalue weighted by Crippen LogP contribution is 2.37. The van der Waals surface area contributed by atoms with Gasteiger partial charge in [-0.05, 0) is 153 Å². The van der Waals surface area contributed by atoms with E-state index in [-0.39, 0.29) is 117 Å². The standard InChI is InChI=1S/C62H88N16O13/c1-37(79)78-36-38(65-66-64)35-50(78)62(91)77-34-12-23-49(77)61(90)76-33-11-22-48(76)60(89)75-32-10-21-47(75)59(88)74-31-9-20-46(74)58(87)73-30-8-19-45(73)57(86)72-29-7-18-44(72)56(85)71-28-6-17-43(71)55(84)70-27-5-16-42(70)54(83)69-26-4-15-41(69)53(82)68-25-3-14-40(68)52(81)67-24-2-13-39(67)51(63)80/h38-50H,2-36H2,1H3,(H2,63,80)/t38-,39-,40-,41-,42-,43-,44-,45-,46-,47-,48-,49-,50-/m0/s1. The lowest BCUT2D eigenvalue weighted by Crippen LogP contribution is -2.59. The summed E-state index contributed by atoms with van der Waals surface area (Å²) in [5, 5.41) is 3.76. The number of carbonyl (C=O) groups excluding carboxylic acids is 13. The van der Waals surface area contributed by atoms with Crippen LogP contribution in [0.2, 0.25) is 0 Å². The Bertz CT molecular complexity index is 3030. The average molecular weight is 1270 g/mol. The predicted octanol–water partition coefficient (Wildman–Crippen LogP) is -0.328. The number of primary amides is 1. The van der Waals surface area contributed by atoms with Crippen LogP contribution in [0.15, 0.2) is 5.11 Å². The zero-order valence-corrected chi connectivity index (χ0v) is 52.3. The molecule has 29 nitrogen and oxygen atoms in total. The topological polar surface area (TPSA) is 336 Å². The lowest BCUT2D eigenvalue weighted by molar-refractivity contribution is -0.156. The maximum atomic E-state index is 14.9. The highest BCUT2D eigenvalue weighted by atomic mass is 16.2. The molecule has 0 aliphatic carbocycles. The van der Waals surface area contributed by atoms with Crippen LogP contribution in [-0.2, 0) is 62.3 Å². The van der Waals surface area contributed by atoms with Gasteiger partial charge in [0.05, 0.1) is 6.04 Å². The molecular formula is C62H88N16O13. The van der Waals surface area contributed by atoms with Gasteiger partial charge in [-0.3, -0.25) is 62.3 Å². The molecule has 0 aromatic rings. The lowest BCUT2D eigenvalue weighted by Gasteiger charge is -2.38. The third-order valence-electron chi connectivity index (χ3n) is 22.3. The minimum Gasteiger partial charge on any atom is -0.368 e. The van der Waals surface area contributed by atoms with Crippen LogP contribution in [0.4, 0.5) is 0 Å². The maximum absolute atomic E-state index is 14.9. The van der Waals surface area contributed by atoms with Crippen molar-refractivity contribution >= 4 is 76.8 Å². The number of azide groups is 1. The van der Waals surface area contributed by atoms with Gasteiger partial charge in [-0.25, -0.2) is 0 Å². The van der Waals surface area contributed by atoms with Gasteiger partial charge >= 0.3 is 0 Å². The molecule has 494 valence electrons. The second-order valence-electron chi connectivity index (χ2n) is 27.3. The van der Waals surface area contributed by atoms with Crippen LogP contribution in [-0.4, -0.2) is 293 Å². The molecule has 2 N–H and O–H groups in total. The first kappa shape index (κ1) is 63.6. The molecule has 0 saturated carbocycles. The molecule has 13 atom stereocenters. The van der Waals surface area contributed by atoms with E-state index in [1.165, 1.54) is 26.5 Å². The van der Waals surface area contributed by atoms with E-state index in [1.807, 2.05) is 0 Å². The third kappa shape index (κ3) is 11.7. The van der Waals surface area contributed by atoms with Crippen LogP contribution in [0, 0.1) is 0 Å². The van der Waals surface area contributed by atoms with Gasteiger partial charge in [0.1, 0.15) is 72.5 Å². The number of carbonyl (C=O) groups is 13. The minimum absolute atomic E-state index is 0.0995. The van der Waals surface area contributed by atoms with E-state index in [9.17, 15) is 62.3 Å². The Morgan fingerprint density at radius 2 is 0.473 bits per heavy atom. The van der Waals surface area contributed by atoms with Crippen molar-refractivity contribution in [3.05, 3.63) is 10.4 Å². The summed E-state index contributed by atoms with van der Waals surface area (Å²) < 4.78 is 0. The van der Waals surface area contributed by atoms with Crippen molar-refractivity contribution < 1.29 is 62.3 Å². The summed E-state index contributed by atoms with van der Waals surface area (Å²) in [5.74, 6) is -4.79. The SMILES string of the molecule is CC(=O)N1C[C@@H](N=[N+]=[N-])C[C@H]1C(=O)N1CCC[C@H]1C(=O)N1CCC[C@H]1C(=O)N1CCC[C@H]1C(=O)N1CCC[C@H]1C(=O)N1CCC[C@H]1C(=O)N1CCC[C@H]1C(=O)N1CCC[C@H]1C(=O)N1CCC[C@H]1C(=O)N1CCC[C@H]1C(=O)N1CCC[C@H]1C(=O)N1CCC[C@H]1C(N)=O. The van der Waals surface area contributed by atoms with Crippen molar-refractivity contribution in [1.82, 2.24) is 58.8 Å². The molecule has 0 radical (unpaired) electrons. The minimum atomic E-state index is -0.886. The normalized spacial score (nSPS) is 32.5. The van der Waals surface area contributed by atoms with Gasteiger partial charge in [0.2, 0.25) is 76.8 Å². The van der Waals surface area contributed by atoms with Crippen LogP contribution in [0.3, 0.4) is 0 Å². The molecule has 12 saturated heterocycles. The summed E-state index contributed by atoms with van der Waals surface area (Å²) in [6.07, 6.45) is 10.5. The fraction of sp³-hybridized carbons (Fsp3) is 0.790. The van der Waals surface area contributed by atoms with Gasteiger partial charge in [0, 0.05) is 90.4 Å². The molecule has 12 aliphatic rings. The summed E-state index contributed by atoms with van der Waals surface area (Å²) in [4.78, 5) is 206. The quantitative estimate of drug-likeness (QED) is 0.141. The molecule has 29 heteroatoms. The lowest BCUT2D eigenvalue weighted by atomic mass is 10.1. The number of amides is 13. The van der Waals surface area contributed by atoms with Gasteiger partial charge in [0.15, 0.2) is 0 Å². The largest absolute Gasteiger partial charge is 0.368 e. The highest BCUT2D eigenvalue weighted by Gasteiger charge is 2.54. The summed E-state index contributed by atoms with van der Waals surface area (Å²) in [6, 6.07) is -10.7. The number of nitrogens with zero attached hydrogens (tertiary/aromatic N) is 15. The third-order valence-corrected chi connectivity index (χ3v) is 22.3. The average Bonchev–Trinajstić information content (AvgIpc) is 1.91. The first-order valence-corrected chi connectivity index (χ1v) is 33.9. The molecule has 0 aromatic carbocycles. The van der Waals surface area contributed by atoms with Crippen molar-refractivity contribution in [3.8, 4) is 0 Å². The molecule has 13 amide bonds. The maximum Gasteiger partial charge on any atom is 0.246 e.